The molecule has 2 amide bonds. The third-order valence-electron chi connectivity index (χ3n) is 6.17. The number of anilines is 2. The molecular formula is C24H18ClFN2O4S. The zero-order valence-corrected chi connectivity index (χ0v) is 19.0. The van der Waals surface area contributed by atoms with Gasteiger partial charge in [-0.15, -0.1) is 0 Å². The van der Waals surface area contributed by atoms with E-state index in [1.807, 2.05) is 31.2 Å². The lowest BCUT2D eigenvalue weighted by molar-refractivity contribution is -0.123. The van der Waals surface area contributed by atoms with Crippen molar-refractivity contribution >= 4 is 44.6 Å². The number of sulfone groups is 1. The number of rotatable bonds is 3. The van der Waals surface area contributed by atoms with Crippen LogP contribution in [-0.4, -0.2) is 26.0 Å². The van der Waals surface area contributed by atoms with Gasteiger partial charge in [-0.2, -0.15) is 0 Å². The molecule has 3 aromatic carbocycles. The van der Waals surface area contributed by atoms with Crippen LogP contribution >= 0.6 is 11.6 Å². The van der Waals surface area contributed by atoms with Crippen molar-refractivity contribution in [3.63, 3.8) is 0 Å². The Morgan fingerprint density at radius 2 is 1.73 bits per heavy atom. The summed E-state index contributed by atoms with van der Waals surface area (Å²) in [5.41, 5.74) is 2.41. The van der Waals surface area contributed by atoms with E-state index in [2.05, 4.69) is 0 Å². The molecule has 1 unspecified atom stereocenters. The topological polar surface area (TPSA) is 74.8 Å². The van der Waals surface area contributed by atoms with E-state index in [1.54, 1.807) is 24.3 Å². The lowest BCUT2D eigenvalue weighted by Gasteiger charge is -2.32. The molecule has 0 aromatic heterocycles. The average molecular weight is 485 g/mol. The molecule has 1 saturated heterocycles. The first-order chi connectivity index (χ1) is 15.7. The van der Waals surface area contributed by atoms with E-state index < -0.39 is 38.1 Å². The van der Waals surface area contributed by atoms with Crippen LogP contribution < -0.4 is 9.80 Å². The molecule has 0 aliphatic carbocycles. The van der Waals surface area contributed by atoms with Crippen molar-refractivity contribution in [2.45, 2.75) is 18.3 Å². The molecule has 1 fully saturated rings. The Balaban J connectivity index is 1.75. The lowest BCUT2D eigenvalue weighted by Crippen LogP contribution is -2.54. The fourth-order valence-corrected chi connectivity index (χ4v) is 6.84. The van der Waals surface area contributed by atoms with Crippen LogP contribution in [0.4, 0.5) is 15.8 Å². The summed E-state index contributed by atoms with van der Waals surface area (Å²) in [5.74, 6) is -3.10. The van der Waals surface area contributed by atoms with Gasteiger partial charge in [0.25, 0.3) is 10.8 Å². The highest BCUT2D eigenvalue weighted by molar-refractivity contribution is 7.94. The number of fused-ring (bicyclic) bond motifs is 2. The Hall–Kier alpha value is -3.23. The van der Waals surface area contributed by atoms with Gasteiger partial charge in [0, 0.05) is 11.3 Å². The van der Waals surface area contributed by atoms with Gasteiger partial charge in [0.05, 0.1) is 17.3 Å². The van der Waals surface area contributed by atoms with Crippen LogP contribution in [0.2, 0.25) is 5.02 Å². The van der Waals surface area contributed by atoms with E-state index in [-0.39, 0.29) is 22.8 Å². The highest BCUT2D eigenvalue weighted by Crippen LogP contribution is 2.53. The quantitative estimate of drug-likeness (QED) is 0.564. The molecule has 3 aromatic rings. The standard InChI is InChI=1S/C24H18ClFN2O4S/c1-15-6-2-3-7-16(15)13-27-21-9-5-4-8-18(21)24(23(27)30)28(22(29)14-33(24,31)32)17-10-11-20(26)19(25)12-17/h2-12H,13-14H2,1H3. The van der Waals surface area contributed by atoms with Crippen molar-refractivity contribution in [2.24, 2.45) is 0 Å². The third kappa shape index (κ3) is 2.94. The first-order valence-corrected chi connectivity index (χ1v) is 12.2. The van der Waals surface area contributed by atoms with E-state index in [0.717, 1.165) is 28.2 Å². The number of aryl methyl sites for hydroxylation is 1. The van der Waals surface area contributed by atoms with Crippen LogP contribution in [0, 0.1) is 12.7 Å². The molecule has 2 aliphatic rings. The Bertz CT molecular complexity index is 1440. The van der Waals surface area contributed by atoms with Crippen molar-refractivity contribution in [2.75, 3.05) is 15.6 Å². The number of hydrogen-bond donors (Lipinski definition) is 0. The first-order valence-electron chi connectivity index (χ1n) is 10.1. The smallest absolute Gasteiger partial charge is 0.274 e. The minimum absolute atomic E-state index is 0.0355. The molecule has 6 nitrogen and oxygen atoms in total. The van der Waals surface area contributed by atoms with Gasteiger partial charge in [-0.25, -0.2) is 12.8 Å². The van der Waals surface area contributed by atoms with Gasteiger partial charge in [-0.1, -0.05) is 54.1 Å². The molecule has 9 heteroatoms. The number of nitrogens with zero attached hydrogens (tertiary/aromatic N) is 2. The normalized spacial score (nSPS) is 21.2. The van der Waals surface area contributed by atoms with Crippen LogP contribution in [0.25, 0.3) is 0 Å². The van der Waals surface area contributed by atoms with Crippen molar-refractivity contribution in [3.05, 3.63) is 94.3 Å². The molecule has 33 heavy (non-hydrogen) atoms. The van der Waals surface area contributed by atoms with E-state index in [1.165, 1.54) is 11.0 Å². The molecular weight excluding hydrogens is 467 g/mol. The summed E-state index contributed by atoms with van der Waals surface area (Å²) < 4.78 is 40.9. The second-order valence-corrected chi connectivity index (χ2v) is 10.6. The van der Waals surface area contributed by atoms with Crippen molar-refractivity contribution in [1.82, 2.24) is 0 Å². The largest absolute Gasteiger partial charge is 0.304 e. The predicted octanol–water partition coefficient (Wildman–Crippen LogP) is 3.95. The summed E-state index contributed by atoms with van der Waals surface area (Å²) in [7, 11) is -4.31. The summed E-state index contributed by atoms with van der Waals surface area (Å²) >= 11 is 5.94. The molecule has 1 atom stereocenters. The molecule has 1 spiro atoms. The minimum atomic E-state index is -4.31. The van der Waals surface area contributed by atoms with Gasteiger partial charge in [-0.3, -0.25) is 14.5 Å². The maximum absolute atomic E-state index is 14.0. The van der Waals surface area contributed by atoms with Gasteiger partial charge >= 0.3 is 0 Å². The number of carbonyl (C=O) groups excluding carboxylic acids is 2. The third-order valence-corrected chi connectivity index (χ3v) is 8.57. The number of halogens is 2. The summed E-state index contributed by atoms with van der Waals surface area (Å²) in [6, 6.07) is 17.5. The van der Waals surface area contributed by atoms with Crippen molar-refractivity contribution in [1.29, 1.82) is 0 Å². The minimum Gasteiger partial charge on any atom is -0.304 e. The van der Waals surface area contributed by atoms with Crippen LogP contribution in [0.3, 0.4) is 0 Å². The summed E-state index contributed by atoms with van der Waals surface area (Å²) in [6.07, 6.45) is 0. The van der Waals surface area contributed by atoms with Crippen molar-refractivity contribution < 1.29 is 22.4 Å². The second kappa shape index (κ2) is 7.40. The molecule has 0 bridgehead atoms. The zero-order chi connectivity index (χ0) is 23.5. The number of para-hydroxylation sites is 1. The van der Waals surface area contributed by atoms with Gasteiger partial charge in [0.2, 0.25) is 5.91 Å². The number of hydrogen-bond acceptors (Lipinski definition) is 4. The van der Waals surface area contributed by atoms with E-state index in [4.69, 9.17) is 11.6 Å². The Morgan fingerprint density at radius 3 is 2.45 bits per heavy atom. The van der Waals surface area contributed by atoms with Gasteiger partial charge in [0.1, 0.15) is 11.6 Å². The summed E-state index contributed by atoms with van der Waals surface area (Å²) in [6.45, 7) is 2.03. The van der Waals surface area contributed by atoms with Crippen LogP contribution in [0.1, 0.15) is 16.7 Å². The van der Waals surface area contributed by atoms with Gasteiger partial charge in [-0.05, 0) is 42.3 Å². The lowest BCUT2D eigenvalue weighted by atomic mass is 10.0. The SMILES string of the molecule is Cc1ccccc1CN1C(=O)C2(c3ccccc31)N(c1ccc(F)c(Cl)c1)C(=O)CS2(=O)=O. The average Bonchev–Trinajstić information content (AvgIpc) is 3.14. The molecule has 2 heterocycles. The molecule has 0 N–H and O–H groups in total. The highest BCUT2D eigenvalue weighted by Gasteiger charge is 2.69. The molecule has 2 aliphatic heterocycles. The maximum Gasteiger partial charge on any atom is 0.274 e. The maximum atomic E-state index is 14.0. The molecule has 0 saturated carbocycles. The monoisotopic (exact) mass is 484 g/mol. The number of amides is 2. The fraction of sp³-hybridized carbons (Fsp3) is 0.167. The predicted molar refractivity (Wildman–Crippen MR) is 123 cm³/mol. The first kappa shape index (κ1) is 21.6. The van der Waals surface area contributed by atoms with Gasteiger partial charge in [0.15, 0.2) is 9.84 Å². The van der Waals surface area contributed by atoms with E-state index in [9.17, 15) is 22.4 Å². The molecule has 5 rings (SSSR count). The number of benzene rings is 3. The zero-order valence-electron chi connectivity index (χ0n) is 17.5. The fourth-order valence-electron chi connectivity index (χ4n) is 4.63. The van der Waals surface area contributed by atoms with E-state index >= 15 is 0 Å². The van der Waals surface area contributed by atoms with Gasteiger partial charge < -0.3 is 4.90 Å². The number of carbonyl (C=O) groups is 2. The summed E-state index contributed by atoms with van der Waals surface area (Å²) in [4.78, 5) is 27.2. The van der Waals surface area contributed by atoms with Crippen molar-refractivity contribution in [3.8, 4) is 0 Å². The Morgan fingerprint density at radius 1 is 1.03 bits per heavy atom. The molecule has 168 valence electrons. The highest BCUT2D eigenvalue weighted by atomic mass is 35.5. The Labute approximate surface area is 195 Å². The van der Waals surface area contributed by atoms with Crippen LogP contribution in [-0.2, 0) is 30.8 Å². The van der Waals surface area contributed by atoms with Crippen LogP contribution in [0.5, 0.6) is 0 Å². The Kier molecular flexibility index (Phi) is 4.84. The van der Waals surface area contributed by atoms with E-state index in [0.29, 0.717) is 5.69 Å². The molecule has 0 radical (unpaired) electrons. The van der Waals surface area contributed by atoms with Crippen LogP contribution in [0.15, 0.2) is 66.7 Å². The second-order valence-electron chi connectivity index (χ2n) is 8.07. The summed E-state index contributed by atoms with van der Waals surface area (Å²) in [5, 5.41) is -0.282.